The molecule has 0 aliphatic heterocycles. The van der Waals surface area contributed by atoms with E-state index in [-0.39, 0.29) is 23.9 Å². The summed E-state index contributed by atoms with van der Waals surface area (Å²) in [5, 5.41) is 2.96. The Hall–Kier alpha value is -1.26. The molecule has 1 amide bonds. The van der Waals surface area contributed by atoms with E-state index in [9.17, 15) is 4.79 Å². The number of carbonyl (C=O) groups excluding carboxylic acids is 1. The molecule has 0 atom stereocenters. The summed E-state index contributed by atoms with van der Waals surface area (Å²) < 4.78 is 5.36. The molecule has 1 aliphatic rings. The fourth-order valence-electron chi connectivity index (χ4n) is 2.66. The molecule has 0 radical (unpaired) electrons. The Morgan fingerprint density at radius 1 is 1.24 bits per heavy atom. The molecule has 0 spiro atoms. The number of halogens is 1. The standard InChI is InChI=1S/C16H24N2O2.ClH/c1-2-20-14-8-6-13(7-9-14)15(19)18-12-16(17)10-4-3-5-11-16;/h6-9H,2-5,10-12,17H2,1H3,(H,18,19);1H. The highest BCUT2D eigenvalue weighted by Crippen LogP contribution is 2.25. The average molecular weight is 313 g/mol. The molecule has 3 N–H and O–H groups in total. The van der Waals surface area contributed by atoms with Crippen LogP contribution in [0.3, 0.4) is 0 Å². The van der Waals surface area contributed by atoms with Crippen molar-refractivity contribution in [3.63, 3.8) is 0 Å². The summed E-state index contributed by atoms with van der Waals surface area (Å²) >= 11 is 0. The molecule has 118 valence electrons. The molecule has 1 aliphatic carbocycles. The van der Waals surface area contributed by atoms with E-state index in [1.807, 2.05) is 19.1 Å². The first kappa shape index (κ1) is 17.8. The number of carbonyl (C=O) groups is 1. The number of hydrogen-bond donors (Lipinski definition) is 2. The van der Waals surface area contributed by atoms with Crippen LogP contribution in [0.5, 0.6) is 5.75 Å². The van der Waals surface area contributed by atoms with Gasteiger partial charge in [0.25, 0.3) is 5.91 Å². The van der Waals surface area contributed by atoms with Gasteiger partial charge < -0.3 is 15.8 Å². The van der Waals surface area contributed by atoms with Crippen LogP contribution in [0.15, 0.2) is 24.3 Å². The van der Waals surface area contributed by atoms with E-state index in [2.05, 4.69) is 5.32 Å². The van der Waals surface area contributed by atoms with Crippen LogP contribution in [0.2, 0.25) is 0 Å². The lowest BCUT2D eigenvalue weighted by atomic mass is 9.82. The molecule has 0 aromatic heterocycles. The lowest BCUT2D eigenvalue weighted by Gasteiger charge is -2.33. The van der Waals surface area contributed by atoms with Gasteiger partial charge >= 0.3 is 0 Å². The van der Waals surface area contributed by atoms with Crippen molar-refractivity contribution >= 4 is 18.3 Å². The van der Waals surface area contributed by atoms with Crippen molar-refractivity contribution in [2.75, 3.05) is 13.2 Å². The number of ether oxygens (including phenoxy) is 1. The van der Waals surface area contributed by atoms with Crippen LogP contribution in [0.1, 0.15) is 49.4 Å². The largest absolute Gasteiger partial charge is 0.494 e. The van der Waals surface area contributed by atoms with Crippen molar-refractivity contribution in [1.29, 1.82) is 0 Å². The molecule has 1 fully saturated rings. The number of nitrogens with two attached hydrogens (primary N) is 1. The van der Waals surface area contributed by atoms with Crippen molar-refractivity contribution < 1.29 is 9.53 Å². The topological polar surface area (TPSA) is 64.3 Å². The first-order chi connectivity index (χ1) is 9.63. The molecular weight excluding hydrogens is 288 g/mol. The van der Waals surface area contributed by atoms with Gasteiger partial charge in [-0.25, -0.2) is 0 Å². The molecule has 1 aromatic carbocycles. The summed E-state index contributed by atoms with van der Waals surface area (Å²) in [4.78, 5) is 12.1. The first-order valence-electron chi connectivity index (χ1n) is 7.43. The minimum Gasteiger partial charge on any atom is -0.494 e. The van der Waals surface area contributed by atoms with E-state index < -0.39 is 0 Å². The van der Waals surface area contributed by atoms with Gasteiger partial charge in [-0.3, -0.25) is 4.79 Å². The Labute approximate surface area is 132 Å². The highest BCUT2D eigenvalue weighted by Gasteiger charge is 2.27. The molecule has 2 rings (SSSR count). The molecule has 0 bridgehead atoms. The van der Waals surface area contributed by atoms with Gasteiger partial charge in [-0.2, -0.15) is 0 Å². The highest BCUT2D eigenvalue weighted by molar-refractivity contribution is 5.94. The van der Waals surface area contributed by atoms with E-state index in [1.165, 1.54) is 6.42 Å². The molecule has 5 heteroatoms. The second kappa shape index (κ2) is 8.25. The Morgan fingerprint density at radius 3 is 2.43 bits per heavy atom. The molecule has 21 heavy (non-hydrogen) atoms. The molecule has 4 nitrogen and oxygen atoms in total. The minimum atomic E-state index is -0.223. The predicted molar refractivity (Wildman–Crippen MR) is 87.2 cm³/mol. The molecule has 0 saturated heterocycles. The Balaban J connectivity index is 0.00000220. The predicted octanol–water partition coefficient (Wildman–Crippen LogP) is 2.90. The second-order valence-corrected chi connectivity index (χ2v) is 5.56. The zero-order chi connectivity index (χ0) is 14.4. The van der Waals surface area contributed by atoms with E-state index in [0.29, 0.717) is 18.7 Å². The smallest absolute Gasteiger partial charge is 0.251 e. The highest BCUT2D eigenvalue weighted by atomic mass is 35.5. The van der Waals surface area contributed by atoms with Gasteiger partial charge in [0.1, 0.15) is 5.75 Å². The van der Waals surface area contributed by atoms with Crippen LogP contribution >= 0.6 is 12.4 Å². The number of rotatable bonds is 5. The van der Waals surface area contributed by atoms with Gasteiger partial charge in [0.2, 0.25) is 0 Å². The molecule has 0 unspecified atom stereocenters. The van der Waals surface area contributed by atoms with Crippen LogP contribution in [0.25, 0.3) is 0 Å². The van der Waals surface area contributed by atoms with Crippen molar-refractivity contribution in [3.05, 3.63) is 29.8 Å². The van der Waals surface area contributed by atoms with Crippen molar-refractivity contribution in [2.45, 2.75) is 44.6 Å². The van der Waals surface area contributed by atoms with Gasteiger partial charge in [-0.05, 0) is 44.0 Å². The van der Waals surface area contributed by atoms with Crippen LogP contribution in [-0.4, -0.2) is 24.6 Å². The quantitative estimate of drug-likeness (QED) is 0.878. The van der Waals surface area contributed by atoms with E-state index in [0.717, 1.165) is 31.4 Å². The van der Waals surface area contributed by atoms with E-state index in [1.54, 1.807) is 12.1 Å². The third-order valence-corrected chi connectivity index (χ3v) is 3.88. The zero-order valence-corrected chi connectivity index (χ0v) is 13.4. The van der Waals surface area contributed by atoms with E-state index >= 15 is 0 Å². The summed E-state index contributed by atoms with van der Waals surface area (Å²) in [5.74, 6) is 0.718. The van der Waals surface area contributed by atoms with Crippen LogP contribution in [-0.2, 0) is 0 Å². The fourth-order valence-corrected chi connectivity index (χ4v) is 2.66. The lowest BCUT2D eigenvalue weighted by Crippen LogP contribution is -2.51. The summed E-state index contributed by atoms with van der Waals surface area (Å²) in [6.07, 6.45) is 5.57. The molecule has 0 heterocycles. The summed E-state index contributed by atoms with van der Waals surface area (Å²) in [7, 11) is 0. The molecule has 1 aromatic rings. The monoisotopic (exact) mass is 312 g/mol. The number of benzene rings is 1. The summed E-state index contributed by atoms with van der Waals surface area (Å²) in [5.41, 5.74) is 6.74. The van der Waals surface area contributed by atoms with Crippen LogP contribution in [0.4, 0.5) is 0 Å². The lowest BCUT2D eigenvalue weighted by molar-refractivity contribution is 0.0937. The molecular formula is C16H25ClN2O2. The zero-order valence-electron chi connectivity index (χ0n) is 12.6. The normalized spacial score (nSPS) is 16.7. The van der Waals surface area contributed by atoms with Crippen molar-refractivity contribution in [2.24, 2.45) is 5.73 Å². The Morgan fingerprint density at radius 2 is 1.86 bits per heavy atom. The van der Waals surface area contributed by atoms with E-state index in [4.69, 9.17) is 10.5 Å². The summed E-state index contributed by atoms with van der Waals surface area (Å²) in [6.45, 7) is 3.12. The molecule has 1 saturated carbocycles. The first-order valence-corrected chi connectivity index (χ1v) is 7.43. The number of hydrogen-bond acceptors (Lipinski definition) is 3. The minimum absolute atomic E-state index is 0. The van der Waals surface area contributed by atoms with Gasteiger partial charge in [-0.15, -0.1) is 12.4 Å². The SMILES string of the molecule is CCOc1ccc(C(=O)NCC2(N)CCCCC2)cc1.Cl. The second-order valence-electron chi connectivity index (χ2n) is 5.56. The van der Waals surface area contributed by atoms with Gasteiger partial charge in [0.05, 0.1) is 6.61 Å². The third-order valence-electron chi connectivity index (χ3n) is 3.88. The van der Waals surface area contributed by atoms with Gasteiger partial charge in [0, 0.05) is 17.6 Å². The maximum absolute atomic E-state index is 12.1. The third kappa shape index (κ3) is 5.21. The van der Waals surface area contributed by atoms with Crippen LogP contribution in [0, 0.1) is 0 Å². The van der Waals surface area contributed by atoms with Crippen molar-refractivity contribution in [3.8, 4) is 5.75 Å². The summed E-state index contributed by atoms with van der Waals surface area (Å²) in [6, 6.07) is 7.20. The Kier molecular flexibility index (Phi) is 6.99. The van der Waals surface area contributed by atoms with Crippen LogP contribution < -0.4 is 15.8 Å². The number of amides is 1. The van der Waals surface area contributed by atoms with Gasteiger partial charge in [-0.1, -0.05) is 19.3 Å². The fraction of sp³-hybridized carbons (Fsp3) is 0.562. The average Bonchev–Trinajstić information content (AvgIpc) is 2.47. The maximum Gasteiger partial charge on any atom is 0.251 e. The van der Waals surface area contributed by atoms with Crippen molar-refractivity contribution in [1.82, 2.24) is 5.32 Å². The van der Waals surface area contributed by atoms with Gasteiger partial charge in [0.15, 0.2) is 0 Å². The Bertz CT molecular complexity index is 442. The number of nitrogens with one attached hydrogen (secondary N) is 1. The maximum atomic E-state index is 12.1.